The van der Waals surface area contributed by atoms with E-state index in [0.717, 1.165) is 51.1 Å². The van der Waals surface area contributed by atoms with E-state index in [0.29, 0.717) is 17.6 Å². The molecule has 35 heavy (non-hydrogen) atoms. The smallest absolute Gasteiger partial charge is 0.253 e. The Bertz CT molecular complexity index is 1660. The number of methoxy groups -OCH3 is 1. The van der Waals surface area contributed by atoms with Crippen LogP contribution in [0.1, 0.15) is 47.7 Å². The number of nitrogens with one attached hydrogen (secondary N) is 1. The van der Waals surface area contributed by atoms with Gasteiger partial charge in [-0.25, -0.2) is 0 Å². The number of ether oxygens (including phenoxy) is 2. The molecule has 1 N–H and O–H groups in total. The zero-order chi connectivity index (χ0) is 23.7. The molecule has 0 amide bonds. The normalized spacial score (nSPS) is 33.9. The van der Waals surface area contributed by atoms with Gasteiger partial charge in [0.05, 0.1) is 23.7 Å². The van der Waals surface area contributed by atoms with Crippen molar-refractivity contribution in [2.45, 2.75) is 50.7 Å². The Morgan fingerprint density at radius 2 is 2.23 bits per heavy atom. The standard InChI is InChI=1S/C28H27N4O3/c1-28-10-5-11-31-19-6-4-7-21(33)24(19)23-18-14-30-13-17(18)22-16-9-8-15(35-28)12-20(16)32(29-2,27(28)34-3)26(22)25(23)31/h5-6,8-10,13-15,27,29H,4,7,11-12H2,1-3H3/q+1/b10-5-/t15-,27+,28-,32+/m0/s1. The van der Waals surface area contributed by atoms with Crippen LogP contribution in [-0.2, 0) is 16.0 Å². The molecule has 5 heterocycles. The summed E-state index contributed by atoms with van der Waals surface area (Å²) in [5.74, 6) is 0.216. The van der Waals surface area contributed by atoms with Gasteiger partial charge in [-0.1, -0.05) is 18.2 Å². The molecule has 1 aromatic carbocycles. The molecule has 4 bridgehead atoms. The van der Waals surface area contributed by atoms with Crippen LogP contribution in [0.25, 0.3) is 28.8 Å². The number of benzene rings is 1. The molecule has 7 heteroatoms. The number of aromatic nitrogens is 1. The maximum atomic E-state index is 13.4. The first kappa shape index (κ1) is 20.1. The molecule has 0 radical (unpaired) electrons. The molecule has 1 aromatic heterocycles. The highest BCUT2D eigenvalue weighted by Crippen LogP contribution is 2.57. The summed E-state index contributed by atoms with van der Waals surface area (Å²) in [7, 11) is 3.79. The number of fused-ring (bicyclic) bond motifs is 9. The fourth-order valence-electron chi connectivity index (χ4n) is 7.62. The SMILES string of the molecule is CN[N@+]12C3=C4C=C[C@@H](C3)O[C@@](C)(/C=C\Cn3c5c(c6c7c(c4c1c63)C=NC=7)C(=O)CCC=5)[C@H]2OC. The average molecular weight is 468 g/mol. The molecule has 4 atom stereocenters. The highest BCUT2D eigenvalue weighted by atomic mass is 16.6. The van der Waals surface area contributed by atoms with E-state index in [9.17, 15) is 4.79 Å². The molecule has 2 aromatic rings. The Labute approximate surface area is 202 Å². The monoisotopic (exact) mass is 467 g/mol. The fourth-order valence-corrected chi connectivity index (χ4v) is 7.62. The maximum Gasteiger partial charge on any atom is 0.253 e. The van der Waals surface area contributed by atoms with Crippen LogP contribution < -0.4 is 20.6 Å². The Balaban J connectivity index is 1.69. The average Bonchev–Trinajstić information content (AvgIpc) is 3.51. The van der Waals surface area contributed by atoms with E-state index >= 15 is 0 Å². The van der Waals surface area contributed by atoms with Crippen molar-refractivity contribution in [2.24, 2.45) is 4.99 Å². The number of carbonyl (C=O) groups is 1. The molecule has 176 valence electrons. The third kappa shape index (κ3) is 2.10. The van der Waals surface area contributed by atoms with Crippen LogP contribution in [0.3, 0.4) is 0 Å². The van der Waals surface area contributed by atoms with Crippen molar-refractivity contribution in [3.05, 3.63) is 57.3 Å². The van der Waals surface area contributed by atoms with Crippen LogP contribution in [0.4, 0.5) is 5.69 Å². The lowest BCUT2D eigenvalue weighted by molar-refractivity contribution is -0.154. The van der Waals surface area contributed by atoms with Crippen LogP contribution in [0.2, 0.25) is 0 Å². The van der Waals surface area contributed by atoms with Crippen LogP contribution in [0.15, 0.2) is 35.0 Å². The number of carbonyl (C=O) groups excluding carboxylic acids is 1. The molecule has 0 saturated carbocycles. The van der Waals surface area contributed by atoms with E-state index in [2.05, 4.69) is 52.3 Å². The number of rotatable bonds is 2. The van der Waals surface area contributed by atoms with Crippen molar-refractivity contribution in [2.75, 3.05) is 14.2 Å². The summed E-state index contributed by atoms with van der Waals surface area (Å²) in [6.45, 7) is 2.79. The van der Waals surface area contributed by atoms with Crippen LogP contribution in [0.5, 0.6) is 0 Å². The van der Waals surface area contributed by atoms with Crippen molar-refractivity contribution < 1.29 is 14.3 Å². The first-order valence-corrected chi connectivity index (χ1v) is 12.4. The first-order valence-electron chi connectivity index (χ1n) is 12.4. The van der Waals surface area contributed by atoms with E-state index in [1.165, 1.54) is 16.8 Å². The zero-order valence-electron chi connectivity index (χ0n) is 20.1. The van der Waals surface area contributed by atoms with Crippen molar-refractivity contribution in [3.8, 4) is 0 Å². The number of hydrogen-bond donors (Lipinski definition) is 1. The fraction of sp³-hybridized carbons (Fsp3) is 0.357. The molecular formula is C28H27N4O3+. The minimum absolute atomic E-state index is 0.0400. The van der Waals surface area contributed by atoms with Gasteiger partial charge < -0.3 is 14.0 Å². The minimum atomic E-state index is -0.680. The van der Waals surface area contributed by atoms with Crippen LogP contribution in [0, 0.1) is 0 Å². The van der Waals surface area contributed by atoms with Gasteiger partial charge in [-0.2, -0.15) is 10.0 Å². The van der Waals surface area contributed by atoms with Crippen molar-refractivity contribution in [1.82, 2.24) is 14.6 Å². The Morgan fingerprint density at radius 3 is 3.06 bits per heavy atom. The third-order valence-electron chi connectivity index (χ3n) is 8.78. The predicted octanol–water partition coefficient (Wildman–Crippen LogP) is 2.39. The molecule has 6 aliphatic rings. The second-order valence-electron chi connectivity index (χ2n) is 10.4. The molecule has 1 fully saturated rings. The Kier molecular flexibility index (Phi) is 3.66. The van der Waals surface area contributed by atoms with E-state index in [1.54, 1.807) is 7.11 Å². The largest absolute Gasteiger partial charge is 0.354 e. The van der Waals surface area contributed by atoms with E-state index in [-0.39, 0.29) is 18.1 Å². The molecule has 1 saturated heterocycles. The van der Waals surface area contributed by atoms with Crippen molar-refractivity contribution in [1.29, 1.82) is 0 Å². The number of aliphatic imine (C=N–C) groups is 1. The summed E-state index contributed by atoms with van der Waals surface area (Å²) < 4.78 is 15.9. The second kappa shape index (κ2) is 6.36. The Morgan fingerprint density at radius 1 is 1.34 bits per heavy atom. The number of ketones is 1. The van der Waals surface area contributed by atoms with Gasteiger partial charge in [0, 0.05) is 66.6 Å². The Hall–Kier alpha value is -3.10. The lowest BCUT2D eigenvalue weighted by Gasteiger charge is -2.44. The summed E-state index contributed by atoms with van der Waals surface area (Å²) in [6.07, 6.45) is 16.6. The molecule has 2 aliphatic carbocycles. The predicted molar refractivity (Wildman–Crippen MR) is 136 cm³/mol. The summed E-state index contributed by atoms with van der Waals surface area (Å²) in [4.78, 5) is 18.0. The number of Topliss-reactive ketones (excluding diaryl/α,β-unsaturated/α-hetero) is 1. The van der Waals surface area contributed by atoms with Crippen LogP contribution in [-0.4, -0.2) is 48.7 Å². The molecule has 7 nitrogen and oxygen atoms in total. The quantitative estimate of drug-likeness (QED) is 0.544. The molecule has 0 spiro atoms. The van der Waals surface area contributed by atoms with Gasteiger partial charge in [0.1, 0.15) is 11.2 Å². The van der Waals surface area contributed by atoms with Gasteiger partial charge >= 0.3 is 0 Å². The molecule has 0 unspecified atom stereocenters. The highest BCUT2D eigenvalue weighted by molar-refractivity contribution is 6.18. The van der Waals surface area contributed by atoms with Gasteiger partial charge in [-0.15, -0.1) is 0 Å². The van der Waals surface area contributed by atoms with E-state index in [4.69, 9.17) is 9.47 Å². The van der Waals surface area contributed by atoms with Crippen molar-refractivity contribution in [3.63, 3.8) is 0 Å². The van der Waals surface area contributed by atoms with E-state index in [1.807, 2.05) is 19.5 Å². The first-order chi connectivity index (χ1) is 17.0. The van der Waals surface area contributed by atoms with Gasteiger partial charge in [0.2, 0.25) is 0 Å². The lowest BCUT2D eigenvalue weighted by atomic mass is 9.90. The van der Waals surface area contributed by atoms with Crippen LogP contribution >= 0.6 is 0 Å². The molecular weight excluding hydrogens is 440 g/mol. The minimum Gasteiger partial charge on any atom is -0.354 e. The summed E-state index contributed by atoms with van der Waals surface area (Å²) in [5, 5.41) is 3.11. The summed E-state index contributed by atoms with van der Waals surface area (Å²) >= 11 is 0. The zero-order valence-corrected chi connectivity index (χ0v) is 20.1. The van der Waals surface area contributed by atoms with Gasteiger partial charge in [0.25, 0.3) is 6.23 Å². The number of allylic oxidation sites excluding steroid dienone is 3. The summed E-state index contributed by atoms with van der Waals surface area (Å²) in [5.41, 5.74) is 10.9. The van der Waals surface area contributed by atoms with Gasteiger partial charge in [-0.05, 0) is 25.5 Å². The highest BCUT2D eigenvalue weighted by Gasteiger charge is 2.63. The number of nitrogens with zero attached hydrogens (tertiary/aromatic N) is 3. The van der Waals surface area contributed by atoms with E-state index < -0.39 is 5.60 Å². The van der Waals surface area contributed by atoms with Crippen molar-refractivity contribution >= 4 is 46.4 Å². The number of hydrogen-bond acceptors (Lipinski definition) is 5. The maximum absolute atomic E-state index is 13.4. The third-order valence-corrected chi connectivity index (χ3v) is 8.78. The molecule has 8 rings (SSSR count). The molecule has 4 aliphatic heterocycles. The lowest BCUT2D eigenvalue weighted by Crippen LogP contribution is -2.69. The number of quaternary nitrogens is 1. The summed E-state index contributed by atoms with van der Waals surface area (Å²) in [6, 6.07) is 0. The van der Waals surface area contributed by atoms with Gasteiger partial charge in [-0.3, -0.25) is 9.79 Å². The second-order valence-corrected chi connectivity index (χ2v) is 10.4. The van der Waals surface area contributed by atoms with Gasteiger partial charge in [0.15, 0.2) is 17.1 Å². The topological polar surface area (TPSA) is 64.8 Å².